The molecule has 0 saturated heterocycles. The number of rotatable bonds is 3. The zero-order chi connectivity index (χ0) is 12.3. The molecule has 0 spiro atoms. The minimum Gasteiger partial charge on any atom is -0.398 e. The minimum absolute atomic E-state index is 0.0944. The number of nitrogens with zero attached hydrogens (tertiary/aromatic N) is 2. The first-order valence-corrected chi connectivity index (χ1v) is 4.90. The summed E-state index contributed by atoms with van der Waals surface area (Å²) in [4.78, 5) is 23.0. The summed E-state index contributed by atoms with van der Waals surface area (Å²) in [6.45, 7) is -0.0944. The molecular formula is C10H11N5O2. The molecule has 2 aromatic heterocycles. The number of hydrogen-bond donors (Lipinski definition) is 3. The smallest absolute Gasteiger partial charge is 0.251 e. The van der Waals surface area contributed by atoms with Gasteiger partial charge in [0.25, 0.3) is 5.56 Å². The van der Waals surface area contributed by atoms with E-state index in [1.54, 1.807) is 6.07 Å². The molecule has 2 aromatic rings. The number of aromatic amines is 1. The van der Waals surface area contributed by atoms with Crippen LogP contribution < -0.4 is 16.6 Å². The molecule has 1 amide bonds. The first kappa shape index (κ1) is 10.9. The largest absolute Gasteiger partial charge is 0.398 e. The Hall–Kier alpha value is -2.57. The summed E-state index contributed by atoms with van der Waals surface area (Å²) in [7, 11) is 0. The van der Waals surface area contributed by atoms with Crippen LogP contribution in [0.25, 0.3) is 0 Å². The molecule has 2 heterocycles. The van der Waals surface area contributed by atoms with Gasteiger partial charge in [-0.2, -0.15) is 5.10 Å². The van der Waals surface area contributed by atoms with Gasteiger partial charge in [0, 0.05) is 24.0 Å². The quantitative estimate of drug-likeness (QED) is 0.682. The highest BCUT2D eigenvalue weighted by Gasteiger charge is 2.05. The standard InChI is InChI=1S/C10H11N5O2/c11-7-1-2-10(17)15(5-7)6-9(16)13-8-3-4-12-14-8/h1-5H,6,11H2,(H2,12,13,14,16). The number of nitrogen functional groups attached to an aromatic ring is 1. The molecular weight excluding hydrogens is 222 g/mol. The Morgan fingerprint density at radius 2 is 2.29 bits per heavy atom. The van der Waals surface area contributed by atoms with Crippen LogP contribution in [0.15, 0.2) is 35.4 Å². The molecule has 0 aliphatic carbocycles. The van der Waals surface area contributed by atoms with Gasteiger partial charge in [-0.05, 0) is 6.07 Å². The number of aromatic nitrogens is 3. The monoisotopic (exact) mass is 233 g/mol. The Kier molecular flexibility index (Phi) is 2.91. The van der Waals surface area contributed by atoms with Crippen LogP contribution in [-0.2, 0) is 11.3 Å². The Morgan fingerprint density at radius 3 is 3.00 bits per heavy atom. The first-order valence-electron chi connectivity index (χ1n) is 4.90. The van der Waals surface area contributed by atoms with E-state index in [1.807, 2.05) is 0 Å². The van der Waals surface area contributed by atoms with Crippen molar-refractivity contribution in [3.05, 3.63) is 40.9 Å². The van der Waals surface area contributed by atoms with E-state index in [9.17, 15) is 9.59 Å². The van der Waals surface area contributed by atoms with Gasteiger partial charge in [-0.15, -0.1) is 0 Å². The summed E-state index contributed by atoms with van der Waals surface area (Å²) in [6.07, 6.45) is 2.94. The van der Waals surface area contributed by atoms with Crippen molar-refractivity contribution in [3.8, 4) is 0 Å². The second-order valence-corrected chi connectivity index (χ2v) is 3.45. The number of anilines is 2. The highest BCUT2D eigenvalue weighted by atomic mass is 16.2. The zero-order valence-corrected chi connectivity index (χ0v) is 8.88. The summed E-state index contributed by atoms with van der Waals surface area (Å²) in [6, 6.07) is 4.42. The van der Waals surface area contributed by atoms with Crippen molar-refractivity contribution in [1.29, 1.82) is 0 Å². The van der Waals surface area contributed by atoms with Crippen molar-refractivity contribution in [1.82, 2.24) is 14.8 Å². The molecule has 0 saturated carbocycles. The van der Waals surface area contributed by atoms with Gasteiger partial charge in [0.15, 0.2) is 0 Å². The lowest BCUT2D eigenvalue weighted by atomic mass is 10.4. The van der Waals surface area contributed by atoms with E-state index < -0.39 is 0 Å². The normalized spacial score (nSPS) is 10.1. The Morgan fingerprint density at radius 1 is 1.47 bits per heavy atom. The lowest BCUT2D eigenvalue weighted by Gasteiger charge is -2.06. The van der Waals surface area contributed by atoms with Gasteiger partial charge in [0.2, 0.25) is 5.91 Å². The zero-order valence-electron chi connectivity index (χ0n) is 8.88. The van der Waals surface area contributed by atoms with Crippen molar-refractivity contribution in [3.63, 3.8) is 0 Å². The van der Waals surface area contributed by atoms with Gasteiger partial charge < -0.3 is 15.6 Å². The molecule has 88 valence electrons. The van der Waals surface area contributed by atoms with Crippen LogP contribution in [0.1, 0.15) is 0 Å². The predicted octanol–water partition coefficient (Wildman–Crippen LogP) is -0.208. The third-order valence-corrected chi connectivity index (χ3v) is 2.10. The molecule has 0 aliphatic rings. The average Bonchev–Trinajstić information content (AvgIpc) is 2.76. The lowest BCUT2D eigenvalue weighted by Crippen LogP contribution is -2.27. The van der Waals surface area contributed by atoms with Gasteiger partial charge in [-0.25, -0.2) is 0 Å². The Bertz CT molecular complexity index is 573. The van der Waals surface area contributed by atoms with Gasteiger partial charge in [-0.1, -0.05) is 0 Å². The molecule has 0 radical (unpaired) electrons. The van der Waals surface area contributed by atoms with E-state index in [0.717, 1.165) is 0 Å². The van der Waals surface area contributed by atoms with Gasteiger partial charge >= 0.3 is 0 Å². The van der Waals surface area contributed by atoms with Gasteiger partial charge in [0.05, 0.1) is 6.20 Å². The van der Waals surface area contributed by atoms with E-state index in [1.165, 1.54) is 29.1 Å². The molecule has 0 unspecified atom stereocenters. The number of nitrogens with two attached hydrogens (primary N) is 1. The van der Waals surface area contributed by atoms with Crippen LogP contribution in [0.4, 0.5) is 11.5 Å². The fourth-order valence-corrected chi connectivity index (χ4v) is 1.34. The second-order valence-electron chi connectivity index (χ2n) is 3.45. The maximum absolute atomic E-state index is 11.6. The van der Waals surface area contributed by atoms with Crippen LogP contribution >= 0.6 is 0 Å². The number of carbonyl (C=O) groups excluding carboxylic acids is 1. The van der Waals surface area contributed by atoms with Crippen LogP contribution in [0, 0.1) is 0 Å². The fourth-order valence-electron chi connectivity index (χ4n) is 1.34. The summed E-state index contributed by atoms with van der Waals surface area (Å²) >= 11 is 0. The highest BCUT2D eigenvalue weighted by Crippen LogP contribution is 2.00. The number of hydrogen-bond acceptors (Lipinski definition) is 4. The molecule has 0 atom stereocenters. The van der Waals surface area contributed by atoms with Gasteiger partial charge in [-0.3, -0.25) is 14.7 Å². The summed E-state index contributed by atoms with van der Waals surface area (Å²) < 4.78 is 1.24. The summed E-state index contributed by atoms with van der Waals surface area (Å²) in [5.41, 5.74) is 5.68. The topological polar surface area (TPSA) is 106 Å². The number of pyridine rings is 1. The highest BCUT2D eigenvalue weighted by molar-refractivity contribution is 5.89. The number of carbonyl (C=O) groups is 1. The number of H-pyrrole nitrogens is 1. The Labute approximate surface area is 96.3 Å². The van der Waals surface area contributed by atoms with Crippen molar-refractivity contribution < 1.29 is 4.79 Å². The molecule has 17 heavy (non-hydrogen) atoms. The van der Waals surface area contributed by atoms with Crippen LogP contribution in [0.2, 0.25) is 0 Å². The number of amides is 1. The third kappa shape index (κ3) is 2.71. The summed E-state index contributed by atoms with van der Waals surface area (Å²) in [5.74, 6) is 0.147. The van der Waals surface area contributed by atoms with E-state index in [2.05, 4.69) is 15.5 Å². The number of nitrogens with one attached hydrogen (secondary N) is 2. The van der Waals surface area contributed by atoms with Crippen molar-refractivity contribution in [2.75, 3.05) is 11.1 Å². The van der Waals surface area contributed by atoms with Crippen LogP contribution in [0.5, 0.6) is 0 Å². The SMILES string of the molecule is Nc1ccc(=O)n(CC(=O)Nc2ccn[nH]2)c1. The average molecular weight is 233 g/mol. The molecule has 0 aromatic carbocycles. The van der Waals surface area contributed by atoms with E-state index in [0.29, 0.717) is 11.5 Å². The van der Waals surface area contributed by atoms with Crippen LogP contribution in [0.3, 0.4) is 0 Å². The van der Waals surface area contributed by atoms with Gasteiger partial charge in [0.1, 0.15) is 12.4 Å². The van der Waals surface area contributed by atoms with E-state index >= 15 is 0 Å². The molecule has 4 N–H and O–H groups in total. The first-order chi connectivity index (χ1) is 8.15. The summed E-state index contributed by atoms with van der Waals surface area (Å²) in [5, 5.41) is 8.83. The molecule has 0 bridgehead atoms. The second kappa shape index (κ2) is 4.52. The van der Waals surface area contributed by atoms with Crippen molar-refractivity contribution in [2.45, 2.75) is 6.54 Å². The third-order valence-electron chi connectivity index (χ3n) is 2.10. The lowest BCUT2D eigenvalue weighted by molar-refractivity contribution is -0.116. The van der Waals surface area contributed by atoms with E-state index in [-0.39, 0.29) is 18.0 Å². The predicted molar refractivity (Wildman–Crippen MR) is 62.3 cm³/mol. The molecule has 2 rings (SSSR count). The fraction of sp³-hybridized carbons (Fsp3) is 0.100. The molecule has 0 fully saturated rings. The van der Waals surface area contributed by atoms with Crippen LogP contribution in [-0.4, -0.2) is 20.7 Å². The maximum atomic E-state index is 11.6. The van der Waals surface area contributed by atoms with E-state index in [4.69, 9.17) is 5.73 Å². The van der Waals surface area contributed by atoms with Crippen molar-refractivity contribution in [2.24, 2.45) is 0 Å². The molecule has 7 nitrogen and oxygen atoms in total. The molecule has 7 heteroatoms. The minimum atomic E-state index is -0.332. The molecule has 0 aliphatic heterocycles. The van der Waals surface area contributed by atoms with Crippen molar-refractivity contribution >= 4 is 17.4 Å². The maximum Gasteiger partial charge on any atom is 0.251 e. The Balaban J connectivity index is 2.08.